The molecule has 2 amide bonds. The fraction of sp³-hybridized carbons (Fsp3) is 0.300. The number of nitrogens with two attached hydrogens (primary N) is 1. The van der Waals surface area contributed by atoms with E-state index in [-0.39, 0.29) is 43.2 Å². The Labute approximate surface area is 175 Å². The number of anilines is 1. The second-order valence-electron chi connectivity index (χ2n) is 6.48. The highest BCUT2D eigenvalue weighted by atomic mass is 35.5. The maximum atomic E-state index is 12.5. The maximum Gasteiger partial charge on any atom is 0.227 e. The van der Waals surface area contributed by atoms with Crippen LogP contribution in [0.3, 0.4) is 0 Å². The number of carbonyl (C=O) groups excluding carboxylic acids is 2. The van der Waals surface area contributed by atoms with Gasteiger partial charge in [-0.2, -0.15) is 0 Å². The van der Waals surface area contributed by atoms with E-state index in [9.17, 15) is 9.59 Å². The van der Waals surface area contributed by atoms with E-state index in [2.05, 4.69) is 5.32 Å². The fourth-order valence-electron chi connectivity index (χ4n) is 3.16. The summed E-state index contributed by atoms with van der Waals surface area (Å²) in [4.78, 5) is 26.5. The second kappa shape index (κ2) is 9.78. The van der Waals surface area contributed by atoms with Crippen molar-refractivity contribution in [3.63, 3.8) is 0 Å². The van der Waals surface area contributed by atoms with Gasteiger partial charge in [-0.1, -0.05) is 41.9 Å². The van der Waals surface area contributed by atoms with Gasteiger partial charge in [0.15, 0.2) is 0 Å². The van der Waals surface area contributed by atoms with Crippen LogP contribution in [0.2, 0.25) is 5.02 Å². The first-order valence-electron chi connectivity index (χ1n) is 8.71. The van der Waals surface area contributed by atoms with Crippen LogP contribution in [0.25, 0.3) is 0 Å². The zero-order valence-electron chi connectivity index (χ0n) is 15.4. The number of hydrogen-bond acceptors (Lipinski definition) is 4. The minimum Gasteiger partial charge on any atom is -0.495 e. The molecule has 1 saturated heterocycles. The molecule has 3 N–H and O–H groups in total. The average molecular weight is 424 g/mol. The number of nitrogens with one attached hydrogen (secondary N) is 1. The molecule has 0 radical (unpaired) electrons. The molecule has 0 aliphatic carbocycles. The molecule has 150 valence electrons. The first-order chi connectivity index (χ1) is 13.0. The van der Waals surface area contributed by atoms with E-state index in [1.807, 2.05) is 30.3 Å². The fourth-order valence-corrected chi connectivity index (χ4v) is 3.33. The molecule has 2 atom stereocenters. The molecule has 1 heterocycles. The molecule has 1 aliphatic rings. The maximum absolute atomic E-state index is 12.5. The van der Waals surface area contributed by atoms with Crippen molar-refractivity contribution >= 4 is 41.5 Å². The number of rotatable bonds is 6. The smallest absolute Gasteiger partial charge is 0.227 e. The number of methoxy groups -OCH3 is 1. The van der Waals surface area contributed by atoms with Gasteiger partial charge in [0.2, 0.25) is 11.8 Å². The summed E-state index contributed by atoms with van der Waals surface area (Å²) in [6, 6.07) is 14.3. The molecular weight excluding hydrogens is 401 g/mol. The third-order valence-electron chi connectivity index (χ3n) is 4.65. The van der Waals surface area contributed by atoms with Crippen molar-refractivity contribution < 1.29 is 14.3 Å². The summed E-state index contributed by atoms with van der Waals surface area (Å²) in [6.07, 6.45) is 0.141. The standard InChI is InChI=1S/C20H22ClN3O3.ClH/c1-27-18-8-7-15(21)10-17(18)24-12-14(9-19(24)25)20(26)23-11-16(22)13-5-3-2-4-6-13;/h2-8,10,14,16H,9,11-12,22H2,1H3,(H,23,26);1H. The Bertz CT molecular complexity index is 833. The van der Waals surface area contributed by atoms with E-state index in [1.54, 1.807) is 23.1 Å². The molecule has 0 spiro atoms. The van der Waals surface area contributed by atoms with E-state index in [0.717, 1.165) is 5.56 Å². The first kappa shape index (κ1) is 22.0. The van der Waals surface area contributed by atoms with Gasteiger partial charge < -0.3 is 20.7 Å². The molecule has 0 aromatic heterocycles. The quantitative estimate of drug-likeness (QED) is 0.747. The zero-order chi connectivity index (χ0) is 19.4. The van der Waals surface area contributed by atoms with E-state index in [0.29, 0.717) is 23.0 Å². The van der Waals surface area contributed by atoms with Crippen LogP contribution >= 0.6 is 24.0 Å². The number of halogens is 2. The summed E-state index contributed by atoms with van der Waals surface area (Å²) in [5.41, 5.74) is 7.64. The highest BCUT2D eigenvalue weighted by Gasteiger charge is 2.36. The van der Waals surface area contributed by atoms with Gasteiger partial charge in [0, 0.05) is 30.6 Å². The highest BCUT2D eigenvalue weighted by Crippen LogP contribution is 2.35. The first-order valence-corrected chi connectivity index (χ1v) is 9.09. The summed E-state index contributed by atoms with van der Waals surface area (Å²) < 4.78 is 5.32. The Morgan fingerprint density at radius 2 is 2.04 bits per heavy atom. The number of amides is 2. The van der Waals surface area contributed by atoms with Crippen molar-refractivity contribution in [1.82, 2.24) is 5.32 Å². The van der Waals surface area contributed by atoms with E-state index in [4.69, 9.17) is 22.1 Å². The minimum atomic E-state index is -0.441. The van der Waals surface area contributed by atoms with Gasteiger partial charge >= 0.3 is 0 Å². The molecule has 3 rings (SSSR count). The Kier molecular flexibility index (Phi) is 7.69. The monoisotopic (exact) mass is 423 g/mol. The molecule has 2 aromatic carbocycles. The molecule has 2 unspecified atom stereocenters. The second-order valence-corrected chi connectivity index (χ2v) is 6.92. The molecule has 1 fully saturated rings. The summed E-state index contributed by atoms with van der Waals surface area (Å²) in [5, 5.41) is 3.36. The van der Waals surface area contributed by atoms with Gasteiger partial charge in [0.1, 0.15) is 5.75 Å². The van der Waals surface area contributed by atoms with Gasteiger partial charge in [-0.25, -0.2) is 0 Å². The van der Waals surface area contributed by atoms with Gasteiger partial charge in [0.25, 0.3) is 0 Å². The molecular formula is C20H23Cl2N3O3. The lowest BCUT2D eigenvalue weighted by atomic mass is 10.1. The summed E-state index contributed by atoms with van der Waals surface area (Å²) in [7, 11) is 1.53. The number of ether oxygens (including phenoxy) is 1. The number of nitrogens with zero attached hydrogens (tertiary/aromatic N) is 1. The van der Waals surface area contributed by atoms with Crippen molar-refractivity contribution in [1.29, 1.82) is 0 Å². The van der Waals surface area contributed by atoms with Crippen LogP contribution in [-0.4, -0.2) is 32.0 Å². The van der Waals surface area contributed by atoms with E-state index < -0.39 is 5.92 Å². The van der Waals surface area contributed by atoms with E-state index >= 15 is 0 Å². The van der Waals surface area contributed by atoms with Crippen molar-refractivity contribution in [2.24, 2.45) is 11.7 Å². The molecule has 6 nitrogen and oxygen atoms in total. The van der Waals surface area contributed by atoms with Gasteiger partial charge in [-0.05, 0) is 23.8 Å². The van der Waals surface area contributed by atoms with Crippen LogP contribution in [0.15, 0.2) is 48.5 Å². The van der Waals surface area contributed by atoms with Gasteiger partial charge in [0.05, 0.1) is 18.7 Å². The molecule has 28 heavy (non-hydrogen) atoms. The predicted octanol–water partition coefficient (Wildman–Crippen LogP) is 2.94. The van der Waals surface area contributed by atoms with Crippen LogP contribution in [0.5, 0.6) is 5.75 Å². The van der Waals surface area contributed by atoms with Crippen molar-refractivity contribution in [2.75, 3.05) is 25.1 Å². The highest BCUT2D eigenvalue weighted by molar-refractivity contribution is 6.31. The van der Waals surface area contributed by atoms with Crippen LogP contribution in [0.4, 0.5) is 5.69 Å². The molecule has 1 aliphatic heterocycles. The predicted molar refractivity (Wildman–Crippen MR) is 112 cm³/mol. The SMILES string of the molecule is COc1ccc(Cl)cc1N1CC(C(=O)NCC(N)c2ccccc2)CC1=O.Cl. The van der Waals surface area contributed by atoms with Gasteiger partial charge in [-0.3, -0.25) is 9.59 Å². The molecule has 2 aromatic rings. The summed E-state index contributed by atoms with van der Waals surface area (Å²) >= 11 is 6.05. The van der Waals surface area contributed by atoms with Crippen LogP contribution < -0.4 is 20.7 Å². The number of benzene rings is 2. The minimum absolute atomic E-state index is 0. The van der Waals surface area contributed by atoms with Gasteiger partial charge in [-0.15, -0.1) is 12.4 Å². The Morgan fingerprint density at radius 3 is 2.71 bits per heavy atom. The Balaban J connectivity index is 0.00000280. The third-order valence-corrected chi connectivity index (χ3v) is 4.89. The normalized spacial score (nSPS) is 17.0. The van der Waals surface area contributed by atoms with Crippen LogP contribution in [0.1, 0.15) is 18.0 Å². The number of hydrogen-bond donors (Lipinski definition) is 2. The van der Waals surface area contributed by atoms with Crippen molar-refractivity contribution in [3.8, 4) is 5.75 Å². The van der Waals surface area contributed by atoms with Crippen molar-refractivity contribution in [3.05, 3.63) is 59.1 Å². The average Bonchev–Trinajstić information content (AvgIpc) is 3.08. The molecule has 8 heteroatoms. The molecule has 0 saturated carbocycles. The lowest BCUT2D eigenvalue weighted by Crippen LogP contribution is -2.37. The number of carbonyl (C=O) groups is 2. The lowest BCUT2D eigenvalue weighted by Gasteiger charge is -2.20. The van der Waals surface area contributed by atoms with E-state index in [1.165, 1.54) is 7.11 Å². The Morgan fingerprint density at radius 1 is 1.32 bits per heavy atom. The van der Waals surface area contributed by atoms with Crippen LogP contribution in [0, 0.1) is 5.92 Å². The third kappa shape index (κ3) is 4.95. The topological polar surface area (TPSA) is 84.7 Å². The zero-order valence-corrected chi connectivity index (χ0v) is 17.0. The largest absolute Gasteiger partial charge is 0.495 e. The van der Waals surface area contributed by atoms with Crippen LogP contribution in [-0.2, 0) is 9.59 Å². The lowest BCUT2D eigenvalue weighted by molar-refractivity contribution is -0.126. The van der Waals surface area contributed by atoms with Crippen molar-refractivity contribution in [2.45, 2.75) is 12.5 Å². The molecule has 0 bridgehead atoms. The summed E-state index contributed by atoms with van der Waals surface area (Å²) in [5.74, 6) is -0.217. The summed E-state index contributed by atoms with van der Waals surface area (Å²) in [6.45, 7) is 0.593. The Hall–Kier alpha value is -2.28.